The molecule has 1 aromatic heterocycles. The first kappa shape index (κ1) is 38.5. The molecule has 56 heavy (non-hydrogen) atoms. The van der Waals surface area contributed by atoms with Crippen molar-refractivity contribution in [1.29, 1.82) is 0 Å². The Hall–Kier alpha value is -5.78. The molecule has 19 nitrogen and oxygen atoms in total. The second-order valence-corrected chi connectivity index (χ2v) is 15.5. The van der Waals surface area contributed by atoms with E-state index >= 15 is 0 Å². The van der Waals surface area contributed by atoms with E-state index in [4.69, 9.17) is 16.3 Å². The Morgan fingerprint density at radius 3 is 2.48 bits per heavy atom. The van der Waals surface area contributed by atoms with Crippen LogP contribution in [0.5, 0.6) is 17.2 Å². The number of hydrogen-bond donors (Lipinski definition) is 7. The minimum absolute atomic E-state index is 0.0241. The minimum atomic E-state index is -3.91. The average Bonchev–Trinajstić information content (AvgIpc) is 3.81. The number of phenols is 2. The molecule has 7 rings (SSSR count). The lowest BCUT2D eigenvalue weighted by molar-refractivity contribution is -0.123. The van der Waals surface area contributed by atoms with Crippen LogP contribution in [-0.2, 0) is 21.2 Å². The molecule has 0 bridgehead atoms. The number of halogens is 3. The molecule has 0 aliphatic carbocycles. The SMILES string of the molecule is O=C(O)c1c(F)ccc2c1OB(O)[C@@H](NC(=O)C(NC(=O)N1CCN(C3CCN(S(=O)(=O)c4ccc5[nH]nnc5c4)CC3)C1=O)c1cc(F)c(O)c(O)c1Cl)C2. The molecule has 0 saturated carbocycles. The predicted octanol–water partition coefficient (Wildman–Crippen LogP) is 1.48. The lowest BCUT2D eigenvalue weighted by Gasteiger charge is -2.35. The van der Waals surface area contributed by atoms with E-state index in [1.165, 1.54) is 27.4 Å². The van der Waals surface area contributed by atoms with Gasteiger partial charge in [0.15, 0.2) is 17.3 Å². The van der Waals surface area contributed by atoms with E-state index in [-0.39, 0.29) is 55.9 Å². The number of carboxylic acid groups (broad SMARTS) is 1. The van der Waals surface area contributed by atoms with Gasteiger partial charge < -0.3 is 40.5 Å². The van der Waals surface area contributed by atoms with Crippen LogP contribution in [0.25, 0.3) is 11.0 Å². The molecule has 0 spiro atoms. The van der Waals surface area contributed by atoms with Crippen molar-refractivity contribution >= 4 is 63.7 Å². The molecule has 2 saturated heterocycles. The summed E-state index contributed by atoms with van der Waals surface area (Å²) < 4.78 is 62.2. The van der Waals surface area contributed by atoms with Crippen LogP contribution in [-0.4, -0.2) is 127 Å². The maximum absolute atomic E-state index is 14.7. The van der Waals surface area contributed by atoms with E-state index < -0.39 is 104 Å². The minimum Gasteiger partial charge on any atom is -0.534 e. The number of aromatic nitrogens is 3. The van der Waals surface area contributed by atoms with Crippen molar-refractivity contribution in [2.45, 2.75) is 42.2 Å². The Morgan fingerprint density at radius 2 is 1.77 bits per heavy atom. The maximum Gasteiger partial charge on any atom is 0.547 e. The first-order valence-electron chi connectivity index (χ1n) is 16.9. The van der Waals surface area contributed by atoms with Gasteiger partial charge in [-0.15, -0.1) is 5.10 Å². The predicted molar refractivity (Wildman–Crippen MR) is 188 cm³/mol. The summed E-state index contributed by atoms with van der Waals surface area (Å²) in [6.07, 6.45) is 0.159. The number of urea groups is 2. The highest BCUT2D eigenvalue weighted by molar-refractivity contribution is 7.89. The van der Waals surface area contributed by atoms with E-state index in [1.807, 2.05) is 0 Å². The van der Waals surface area contributed by atoms with Crippen molar-refractivity contribution in [1.82, 2.24) is 40.1 Å². The number of nitrogens with zero attached hydrogens (tertiary/aromatic N) is 5. The molecule has 24 heteroatoms. The lowest BCUT2D eigenvalue weighted by Crippen LogP contribution is -2.56. The second kappa shape index (κ2) is 14.7. The third kappa shape index (κ3) is 6.86. The molecule has 4 heterocycles. The molecule has 2 fully saturated rings. The van der Waals surface area contributed by atoms with E-state index in [0.717, 1.165) is 11.0 Å². The van der Waals surface area contributed by atoms with Crippen LogP contribution in [0, 0.1) is 11.6 Å². The zero-order chi connectivity index (χ0) is 40.2. The number of aromatic amines is 1. The van der Waals surface area contributed by atoms with Crippen molar-refractivity contribution in [2.75, 3.05) is 26.2 Å². The molecule has 5 amide bonds. The van der Waals surface area contributed by atoms with Crippen LogP contribution < -0.4 is 15.3 Å². The van der Waals surface area contributed by atoms with Crippen LogP contribution in [0.2, 0.25) is 5.02 Å². The van der Waals surface area contributed by atoms with Crippen molar-refractivity contribution < 1.29 is 61.4 Å². The normalized spacial score (nSPS) is 18.5. The van der Waals surface area contributed by atoms with Crippen LogP contribution in [0.3, 0.4) is 0 Å². The highest BCUT2D eigenvalue weighted by Crippen LogP contribution is 2.41. The number of amides is 5. The number of nitrogens with one attached hydrogen (secondary N) is 3. The number of H-pyrrole nitrogens is 1. The maximum atomic E-state index is 14.7. The number of carboxylic acids is 1. The molecule has 3 aromatic carbocycles. The number of rotatable bonds is 8. The number of carbonyl (C=O) groups excluding carboxylic acids is 3. The quantitative estimate of drug-likeness (QED) is 0.0983. The van der Waals surface area contributed by atoms with Gasteiger partial charge in [-0.05, 0) is 55.2 Å². The molecular weight excluding hydrogens is 789 g/mol. The molecule has 3 aliphatic rings. The number of hydrogen-bond acceptors (Lipinski definition) is 12. The van der Waals surface area contributed by atoms with E-state index in [1.54, 1.807) is 6.07 Å². The summed E-state index contributed by atoms with van der Waals surface area (Å²) in [7, 11) is -5.86. The molecule has 3 aliphatic heterocycles. The highest BCUT2D eigenvalue weighted by Gasteiger charge is 2.43. The van der Waals surface area contributed by atoms with Gasteiger partial charge in [0.25, 0.3) is 0 Å². The number of aromatic carboxylic acids is 1. The van der Waals surface area contributed by atoms with Gasteiger partial charge in [0, 0.05) is 37.8 Å². The Kier molecular flexibility index (Phi) is 10.1. The average molecular weight is 819 g/mol. The summed E-state index contributed by atoms with van der Waals surface area (Å²) in [6.45, 7) is -0.0101. The van der Waals surface area contributed by atoms with Crippen LogP contribution in [0.15, 0.2) is 41.3 Å². The zero-order valence-corrected chi connectivity index (χ0v) is 30.2. The Morgan fingerprint density at radius 1 is 1.04 bits per heavy atom. The summed E-state index contributed by atoms with van der Waals surface area (Å²) in [6, 6.07) is 2.60. The molecule has 2 atom stereocenters. The monoisotopic (exact) mass is 818 g/mol. The standard InChI is InChI=1S/C32H30BClF2N8O11S/c34-24-17(13-19(36)26(45)27(24)46)25(29(47)37-22-11-14-1-3-18(35)23(30(48)49)28(14)55-33(22)52)38-31(50)44-10-9-43(32(44)51)15-5-7-42(8-6-15)56(53,54)16-2-4-20-21(12-16)40-41-39-20/h1-4,12-13,15,22,25,45-46,52H,5-11H2,(H,37,47)(H,38,50)(H,48,49)(H,39,40,41)/t22-,25?/m0/s1. The molecule has 1 unspecified atom stereocenters. The first-order valence-corrected chi connectivity index (χ1v) is 18.7. The zero-order valence-electron chi connectivity index (χ0n) is 28.6. The lowest BCUT2D eigenvalue weighted by atomic mass is 9.72. The first-order chi connectivity index (χ1) is 26.6. The van der Waals surface area contributed by atoms with Gasteiger partial charge >= 0.3 is 25.1 Å². The van der Waals surface area contributed by atoms with Gasteiger partial charge in [0.1, 0.15) is 28.7 Å². The third-order valence-corrected chi connectivity index (χ3v) is 12.2. The number of carbonyl (C=O) groups is 4. The molecular formula is C32H30BClF2N8O11S. The van der Waals surface area contributed by atoms with Crippen molar-refractivity contribution in [2.24, 2.45) is 0 Å². The number of benzene rings is 3. The summed E-state index contributed by atoms with van der Waals surface area (Å²) in [5, 5.41) is 54.4. The number of sulfonamides is 1. The topological polar surface area (TPSA) is 268 Å². The molecule has 294 valence electrons. The summed E-state index contributed by atoms with van der Waals surface area (Å²) in [5.41, 5.74) is -0.388. The van der Waals surface area contributed by atoms with Gasteiger partial charge in [-0.2, -0.15) is 4.31 Å². The van der Waals surface area contributed by atoms with Gasteiger partial charge in [-0.1, -0.05) is 22.9 Å². The summed E-state index contributed by atoms with van der Waals surface area (Å²) >= 11 is 6.19. The van der Waals surface area contributed by atoms with E-state index in [2.05, 4.69) is 26.0 Å². The molecule has 7 N–H and O–H groups in total. The number of phenolic OH excluding ortho intramolecular Hbond substituents is 2. The van der Waals surface area contributed by atoms with Crippen molar-refractivity contribution in [3.05, 3.63) is 69.7 Å². The smallest absolute Gasteiger partial charge is 0.534 e. The highest BCUT2D eigenvalue weighted by atomic mass is 35.5. The van der Waals surface area contributed by atoms with Gasteiger partial charge in [0.05, 0.1) is 21.4 Å². The van der Waals surface area contributed by atoms with Crippen LogP contribution >= 0.6 is 11.6 Å². The van der Waals surface area contributed by atoms with Gasteiger partial charge in [0.2, 0.25) is 15.9 Å². The summed E-state index contributed by atoms with van der Waals surface area (Å²) in [5.74, 6) is -9.66. The van der Waals surface area contributed by atoms with E-state index in [0.29, 0.717) is 17.1 Å². The summed E-state index contributed by atoms with van der Waals surface area (Å²) in [4.78, 5) is 54.9. The fourth-order valence-corrected chi connectivity index (χ4v) is 8.69. The van der Waals surface area contributed by atoms with Gasteiger partial charge in [-0.3, -0.25) is 9.89 Å². The fourth-order valence-electron chi connectivity index (χ4n) is 6.95. The van der Waals surface area contributed by atoms with Crippen LogP contribution in [0.1, 0.15) is 40.4 Å². The van der Waals surface area contributed by atoms with Gasteiger partial charge in [-0.25, -0.2) is 36.5 Å². The Balaban J connectivity index is 1.06. The van der Waals surface area contributed by atoms with Crippen molar-refractivity contribution in [3.8, 4) is 17.2 Å². The molecule has 4 aromatic rings. The number of aromatic hydroxyl groups is 2. The third-order valence-electron chi connectivity index (χ3n) is 9.87. The second-order valence-electron chi connectivity index (χ2n) is 13.1. The molecule has 0 radical (unpaired) electrons. The number of fused-ring (bicyclic) bond motifs is 2. The van der Waals surface area contributed by atoms with E-state index in [9.17, 15) is 56.7 Å². The number of piperidine rings is 1. The Labute approximate surface area is 320 Å². The Bertz CT molecular complexity index is 2400. The number of imide groups is 1. The largest absolute Gasteiger partial charge is 0.547 e. The fraction of sp³-hybridized carbons (Fsp3) is 0.312. The van der Waals surface area contributed by atoms with Crippen LogP contribution in [0.4, 0.5) is 18.4 Å². The van der Waals surface area contributed by atoms with Crippen molar-refractivity contribution in [3.63, 3.8) is 0 Å².